The van der Waals surface area contributed by atoms with Gasteiger partial charge in [0.25, 0.3) is 0 Å². The van der Waals surface area contributed by atoms with Crippen LogP contribution in [-0.4, -0.2) is 31.2 Å². The van der Waals surface area contributed by atoms with Crippen molar-refractivity contribution in [1.82, 2.24) is 5.32 Å². The van der Waals surface area contributed by atoms with Crippen molar-refractivity contribution in [3.05, 3.63) is 18.2 Å². The summed E-state index contributed by atoms with van der Waals surface area (Å²) in [5.74, 6) is 1.23. The summed E-state index contributed by atoms with van der Waals surface area (Å²) in [4.78, 5) is 11.9. The van der Waals surface area contributed by atoms with Crippen molar-refractivity contribution >= 4 is 11.6 Å². The molecule has 0 spiro atoms. The molecule has 1 aliphatic heterocycles. The SMILES string of the molecule is COc1ccc(O)c(NC(=O)CCC2CCNCC2)c1. The number of aromatic hydroxyl groups is 1. The minimum atomic E-state index is -0.0629. The lowest BCUT2D eigenvalue weighted by atomic mass is 9.93. The molecule has 20 heavy (non-hydrogen) atoms. The molecule has 0 saturated carbocycles. The van der Waals surface area contributed by atoms with E-state index < -0.39 is 0 Å². The molecule has 2 rings (SSSR count). The van der Waals surface area contributed by atoms with Gasteiger partial charge in [-0.15, -0.1) is 0 Å². The summed E-state index contributed by atoms with van der Waals surface area (Å²) in [5.41, 5.74) is 0.402. The summed E-state index contributed by atoms with van der Waals surface area (Å²) >= 11 is 0. The van der Waals surface area contributed by atoms with E-state index in [9.17, 15) is 9.90 Å². The summed E-state index contributed by atoms with van der Waals surface area (Å²) in [6.07, 6.45) is 3.66. The number of nitrogens with one attached hydrogen (secondary N) is 2. The van der Waals surface area contributed by atoms with Gasteiger partial charge in [-0.25, -0.2) is 0 Å². The topological polar surface area (TPSA) is 70.6 Å². The Morgan fingerprint density at radius 2 is 2.20 bits per heavy atom. The summed E-state index contributed by atoms with van der Waals surface area (Å²) in [7, 11) is 1.55. The molecule has 3 N–H and O–H groups in total. The largest absolute Gasteiger partial charge is 0.506 e. The zero-order valence-electron chi connectivity index (χ0n) is 11.8. The maximum absolute atomic E-state index is 11.9. The predicted octanol–water partition coefficient (Wildman–Crippen LogP) is 2.12. The van der Waals surface area contributed by atoms with Crippen LogP contribution in [0.1, 0.15) is 25.7 Å². The first-order valence-electron chi connectivity index (χ1n) is 7.06. The Bertz CT molecular complexity index is 456. The van der Waals surface area contributed by atoms with Crippen molar-refractivity contribution in [2.24, 2.45) is 5.92 Å². The molecule has 110 valence electrons. The van der Waals surface area contributed by atoms with E-state index in [1.165, 1.54) is 6.07 Å². The van der Waals surface area contributed by atoms with Crippen LogP contribution < -0.4 is 15.4 Å². The van der Waals surface area contributed by atoms with Gasteiger partial charge in [-0.1, -0.05) is 0 Å². The summed E-state index contributed by atoms with van der Waals surface area (Å²) in [6, 6.07) is 4.79. The molecule has 5 heteroatoms. The molecule has 0 bridgehead atoms. The van der Waals surface area contributed by atoms with Gasteiger partial charge in [0.2, 0.25) is 5.91 Å². The molecule has 1 aromatic rings. The molecule has 0 unspecified atom stereocenters. The first-order chi connectivity index (χ1) is 9.69. The molecule has 1 saturated heterocycles. The monoisotopic (exact) mass is 278 g/mol. The Morgan fingerprint density at radius 1 is 1.45 bits per heavy atom. The summed E-state index contributed by atoms with van der Waals surface area (Å²) in [5, 5.41) is 15.8. The van der Waals surface area contributed by atoms with Crippen LogP contribution in [0.4, 0.5) is 5.69 Å². The van der Waals surface area contributed by atoms with Gasteiger partial charge >= 0.3 is 0 Å². The first kappa shape index (κ1) is 14.7. The number of phenolic OH excluding ortho intramolecular Hbond substituents is 1. The highest BCUT2D eigenvalue weighted by Gasteiger charge is 2.15. The fourth-order valence-corrected chi connectivity index (χ4v) is 2.46. The number of hydrogen-bond donors (Lipinski definition) is 3. The molecular formula is C15H22N2O3. The summed E-state index contributed by atoms with van der Waals surface area (Å²) in [6.45, 7) is 2.09. The number of anilines is 1. The van der Waals surface area contributed by atoms with Gasteiger partial charge in [0.1, 0.15) is 11.5 Å². The second-order valence-electron chi connectivity index (χ2n) is 5.16. The van der Waals surface area contributed by atoms with Crippen molar-refractivity contribution in [2.75, 3.05) is 25.5 Å². The van der Waals surface area contributed by atoms with Crippen LogP contribution in [0, 0.1) is 5.92 Å². The fraction of sp³-hybridized carbons (Fsp3) is 0.533. The third-order valence-electron chi connectivity index (χ3n) is 3.72. The zero-order valence-corrected chi connectivity index (χ0v) is 11.8. The standard InChI is InChI=1S/C15H22N2O3/c1-20-12-3-4-14(18)13(10-12)17-15(19)5-2-11-6-8-16-9-7-11/h3-4,10-11,16,18H,2,5-9H2,1H3,(H,17,19). The van der Waals surface area contributed by atoms with Gasteiger partial charge in [0.15, 0.2) is 0 Å². The smallest absolute Gasteiger partial charge is 0.224 e. The van der Waals surface area contributed by atoms with Gasteiger partial charge in [0, 0.05) is 12.5 Å². The van der Waals surface area contributed by atoms with Crippen molar-refractivity contribution in [2.45, 2.75) is 25.7 Å². The van der Waals surface area contributed by atoms with E-state index in [4.69, 9.17) is 4.74 Å². The minimum absolute atomic E-state index is 0.0565. The molecule has 1 aromatic carbocycles. The second kappa shape index (κ2) is 7.14. The first-order valence-corrected chi connectivity index (χ1v) is 7.06. The maximum atomic E-state index is 11.9. The highest BCUT2D eigenvalue weighted by molar-refractivity contribution is 5.92. The quantitative estimate of drug-likeness (QED) is 0.722. The normalized spacial score (nSPS) is 15.8. The van der Waals surface area contributed by atoms with Crippen LogP contribution in [0.3, 0.4) is 0 Å². The van der Waals surface area contributed by atoms with Crippen LogP contribution in [0.25, 0.3) is 0 Å². The third kappa shape index (κ3) is 4.13. The van der Waals surface area contributed by atoms with Crippen molar-refractivity contribution in [3.8, 4) is 11.5 Å². The van der Waals surface area contributed by atoms with Crippen LogP contribution >= 0.6 is 0 Å². The van der Waals surface area contributed by atoms with E-state index in [0.717, 1.165) is 32.4 Å². The Balaban J connectivity index is 1.84. The molecule has 0 atom stereocenters. The number of rotatable bonds is 5. The van der Waals surface area contributed by atoms with Gasteiger partial charge < -0.3 is 20.5 Å². The number of benzene rings is 1. The lowest BCUT2D eigenvalue weighted by Gasteiger charge is -2.22. The van der Waals surface area contributed by atoms with Crippen molar-refractivity contribution in [1.29, 1.82) is 0 Å². The minimum Gasteiger partial charge on any atom is -0.506 e. The molecule has 1 fully saturated rings. The van der Waals surface area contributed by atoms with Gasteiger partial charge in [0.05, 0.1) is 12.8 Å². The lowest BCUT2D eigenvalue weighted by molar-refractivity contribution is -0.116. The van der Waals surface area contributed by atoms with Crippen LogP contribution in [0.5, 0.6) is 11.5 Å². The highest BCUT2D eigenvalue weighted by atomic mass is 16.5. The molecule has 1 amide bonds. The second-order valence-corrected chi connectivity index (χ2v) is 5.16. The van der Waals surface area contributed by atoms with E-state index in [-0.39, 0.29) is 11.7 Å². The molecule has 1 heterocycles. The van der Waals surface area contributed by atoms with Crippen LogP contribution in [-0.2, 0) is 4.79 Å². The van der Waals surface area contributed by atoms with E-state index in [0.29, 0.717) is 23.8 Å². The number of carbonyl (C=O) groups is 1. The van der Waals surface area contributed by atoms with Gasteiger partial charge in [-0.2, -0.15) is 0 Å². The third-order valence-corrected chi connectivity index (χ3v) is 3.72. The Labute approximate surface area is 119 Å². The summed E-state index contributed by atoms with van der Waals surface area (Å²) < 4.78 is 5.08. The number of methoxy groups -OCH3 is 1. The van der Waals surface area contributed by atoms with E-state index in [1.54, 1.807) is 19.2 Å². The predicted molar refractivity (Wildman–Crippen MR) is 78.1 cm³/mol. The molecular weight excluding hydrogens is 256 g/mol. The molecule has 0 radical (unpaired) electrons. The molecule has 5 nitrogen and oxygen atoms in total. The molecule has 0 aromatic heterocycles. The van der Waals surface area contributed by atoms with Gasteiger partial charge in [-0.3, -0.25) is 4.79 Å². The highest BCUT2D eigenvalue weighted by Crippen LogP contribution is 2.28. The van der Waals surface area contributed by atoms with E-state index in [1.807, 2.05) is 0 Å². The average Bonchev–Trinajstić information content (AvgIpc) is 2.48. The fourth-order valence-electron chi connectivity index (χ4n) is 2.46. The zero-order chi connectivity index (χ0) is 14.4. The Kier molecular flexibility index (Phi) is 5.24. The Morgan fingerprint density at radius 3 is 2.90 bits per heavy atom. The molecule has 1 aliphatic rings. The number of amides is 1. The van der Waals surface area contributed by atoms with Crippen LogP contribution in [0.15, 0.2) is 18.2 Å². The number of piperidine rings is 1. The van der Waals surface area contributed by atoms with Gasteiger partial charge in [-0.05, 0) is 50.4 Å². The van der Waals surface area contributed by atoms with E-state index in [2.05, 4.69) is 10.6 Å². The van der Waals surface area contributed by atoms with Crippen molar-refractivity contribution in [3.63, 3.8) is 0 Å². The van der Waals surface area contributed by atoms with E-state index >= 15 is 0 Å². The maximum Gasteiger partial charge on any atom is 0.224 e. The number of carbonyl (C=O) groups excluding carboxylic acids is 1. The van der Waals surface area contributed by atoms with Crippen LogP contribution in [0.2, 0.25) is 0 Å². The number of ether oxygens (including phenoxy) is 1. The lowest BCUT2D eigenvalue weighted by Crippen LogP contribution is -2.28. The Hall–Kier alpha value is -1.75. The molecule has 0 aliphatic carbocycles. The number of phenols is 1. The van der Waals surface area contributed by atoms with Crippen molar-refractivity contribution < 1.29 is 14.6 Å². The number of hydrogen-bond acceptors (Lipinski definition) is 4. The average molecular weight is 278 g/mol.